The van der Waals surface area contributed by atoms with Gasteiger partial charge in [-0.25, -0.2) is 4.39 Å². The summed E-state index contributed by atoms with van der Waals surface area (Å²) in [6.45, 7) is 3.52. The van der Waals surface area contributed by atoms with Crippen molar-refractivity contribution in [3.8, 4) is 5.75 Å². The summed E-state index contributed by atoms with van der Waals surface area (Å²) in [6.07, 6.45) is 2.10. The van der Waals surface area contributed by atoms with Crippen LogP contribution < -0.4 is 10.1 Å². The molecule has 1 aliphatic heterocycles. The normalized spacial score (nSPS) is 16.2. The van der Waals surface area contributed by atoms with Crippen LogP contribution in [0, 0.1) is 5.82 Å². The van der Waals surface area contributed by atoms with E-state index in [4.69, 9.17) is 4.74 Å². The average molecular weight is 280 g/mol. The summed E-state index contributed by atoms with van der Waals surface area (Å²) in [5.41, 5.74) is 0.850. The highest BCUT2D eigenvalue weighted by Crippen LogP contribution is 2.26. The second-order valence-electron chi connectivity index (χ2n) is 5.07. The Morgan fingerprint density at radius 3 is 2.80 bits per heavy atom. The van der Waals surface area contributed by atoms with E-state index in [1.165, 1.54) is 12.1 Å². The van der Waals surface area contributed by atoms with E-state index < -0.39 is 0 Å². The van der Waals surface area contributed by atoms with Crippen LogP contribution in [0.5, 0.6) is 5.75 Å². The van der Waals surface area contributed by atoms with Crippen molar-refractivity contribution in [3.63, 3.8) is 0 Å². The molecule has 1 fully saturated rings. The quantitative estimate of drug-likeness (QED) is 0.898. The van der Waals surface area contributed by atoms with Crippen molar-refractivity contribution in [2.24, 2.45) is 0 Å². The van der Waals surface area contributed by atoms with Gasteiger partial charge in [0.2, 0.25) is 0 Å². The molecule has 0 saturated carbocycles. The van der Waals surface area contributed by atoms with E-state index in [1.807, 2.05) is 14.0 Å². The van der Waals surface area contributed by atoms with Crippen LogP contribution in [0.1, 0.15) is 31.4 Å². The van der Waals surface area contributed by atoms with Gasteiger partial charge in [-0.05, 0) is 32.9 Å². The van der Waals surface area contributed by atoms with E-state index in [0.29, 0.717) is 5.75 Å². The van der Waals surface area contributed by atoms with E-state index in [-0.39, 0.29) is 24.4 Å². The minimum Gasteiger partial charge on any atom is -0.483 e. The summed E-state index contributed by atoms with van der Waals surface area (Å²) in [4.78, 5) is 13.7. The monoisotopic (exact) mass is 280 g/mol. The molecule has 1 amide bonds. The van der Waals surface area contributed by atoms with Gasteiger partial charge in [-0.15, -0.1) is 0 Å². The van der Waals surface area contributed by atoms with Crippen molar-refractivity contribution in [3.05, 3.63) is 29.6 Å². The van der Waals surface area contributed by atoms with Crippen molar-refractivity contribution >= 4 is 5.91 Å². The van der Waals surface area contributed by atoms with Crippen LogP contribution in [0.4, 0.5) is 4.39 Å². The fraction of sp³-hybridized carbons (Fsp3) is 0.533. The molecule has 110 valence electrons. The second-order valence-corrected chi connectivity index (χ2v) is 5.07. The van der Waals surface area contributed by atoms with Crippen molar-refractivity contribution in [2.45, 2.75) is 25.8 Å². The van der Waals surface area contributed by atoms with Crippen LogP contribution in [0.25, 0.3) is 0 Å². The van der Waals surface area contributed by atoms with Crippen LogP contribution in [0.3, 0.4) is 0 Å². The van der Waals surface area contributed by atoms with Crippen LogP contribution >= 0.6 is 0 Å². The van der Waals surface area contributed by atoms with Crippen LogP contribution in [0.2, 0.25) is 0 Å². The maximum absolute atomic E-state index is 13.3. The molecule has 4 nitrogen and oxygen atoms in total. The molecule has 5 heteroatoms. The number of likely N-dealkylation sites (tertiary alicyclic amines) is 1. The molecule has 1 heterocycles. The van der Waals surface area contributed by atoms with Gasteiger partial charge in [0, 0.05) is 30.8 Å². The fourth-order valence-electron chi connectivity index (χ4n) is 2.34. The molecule has 1 unspecified atom stereocenters. The maximum Gasteiger partial charge on any atom is 0.260 e. The molecular weight excluding hydrogens is 259 g/mol. The highest BCUT2D eigenvalue weighted by atomic mass is 19.1. The van der Waals surface area contributed by atoms with Crippen LogP contribution in [-0.2, 0) is 4.79 Å². The van der Waals surface area contributed by atoms with E-state index in [0.717, 1.165) is 31.5 Å². The Balaban J connectivity index is 2.04. The maximum atomic E-state index is 13.3. The molecule has 1 aliphatic rings. The lowest BCUT2D eigenvalue weighted by atomic mass is 10.1. The number of benzene rings is 1. The summed E-state index contributed by atoms with van der Waals surface area (Å²) < 4.78 is 18.9. The van der Waals surface area contributed by atoms with Gasteiger partial charge in [0.15, 0.2) is 6.61 Å². The molecule has 0 bridgehead atoms. The lowest BCUT2D eigenvalue weighted by molar-refractivity contribution is -0.132. The molecule has 1 aromatic rings. The number of hydrogen-bond acceptors (Lipinski definition) is 3. The summed E-state index contributed by atoms with van der Waals surface area (Å²) in [7, 11) is 1.83. The molecule has 0 spiro atoms. The van der Waals surface area contributed by atoms with E-state index in [9.17, 15) is 9.18 Å². The third-order valence-corrected chi connectivity index (χ3v) is 3.69. The Kier molecular flexibility index (Phi) is 4.95. The molecule has 0 aromatic heterocycles. The first-order valence-electron chi connectivity index (χ1n) is 6.99. The SMILES string of the molecule is CNC(C)c1ccc(F)cc1OCC(=O)N1CCCC1. The number of carbonyl (C=O) groups is 1. The summed E-state index contributed by atoms with van der Waals surface area (Å²) >= 11 is 0. The van der Waals surface area contributed by atoms with E-state index in [1.54, 1.807) is 11.0 Å². The molecule has 1 atom stereocenters. The third kappa shape index (κ3) is 3.48. The van der Waals surface area contributed by atoms with Gasteiger partial charge >= 0.3 is 0 Å². The van der Waals surface area contributed by atoms with E-state index >= 15 is 0 Å². The Morgan fingerprint density at radius 1 is 1.45 bits per heavy atom. The van der Waals surface area contributed by atoms with Gasteiger partial charge < -0.3 is 15.0 Å². The zero-order valence-corrected chi connectivity index (χ0v) is 12.0. The van der Waals surface area contributed by atoms with Gasteiger partial charge in [-0.1, -0.05) is 6.07 Å². The predicted octanol–water partition coefficient (Wildman–Crippen LogP) is 2.11. The second kappa shape index (κ2) is 6.70. The number of amides is 1. The summed E-state index contributed by atoms with van der Waals surface area (Å²) in [5, 5.41) is 3.09. The van der Waals surface area contributed by atoms with Gasteiger partial charge in [0.05, 0.1) is 0 Å². The number of carbonyl (C=O) groups excluding carboxylic acids is 1. The Morgan fingerprint density at radius 2 is 2.15 bits per heavy atom. The lowest BCUT2D eigenvalue weighted by Crippen LogP contribution is -2.32. The number of ether oxygens (including phenoxy) is 1. The Hall–Kier alpha value is -1.62. The van der Waals surface area contributed by atoms with Gasteiger partial charge in [-0.3, -0.25) is 4.79 Å². The van der Waals surface area contributed by atoms with Crippen molar-refractivity contribution in [1.29, 1.82) is 0 Å². The van der Waals surface area contributed by atoms with Gasteiger partial charge in [0.1, 0.15) is 11.6 Å². The molecule has 20 heavy (non-hydrogen) atoms. The zero-order chi connectivity index (χ0) is 14.5. The van der Waals surface area contributed by atoms with Gasteiger partial charge in [0.25, 0.3) is 5.91 Å². The van der Waals surface area contributed by atoms with Crippen molar-refractivity contribution in [2.75, 3.05) is 26.7 Å². The summed E-state index contributed by atoms with van der Waals surface area (Å²) in [6, 6.07) is 4.46. The number of hydrogen-bond donors (Lipinski definition) is 1. The molecule has 0 aliphatic carbocycles. The molecule has 0 radical (unpaired) electrons. The summed E-state index contributed by atoms with van der Waals surface area (Å²) in [5.74, 6) is 0.0369. The number of rotatable bonds is 5. The standard InChI is InChI=1S/C15H21FN2O2/c1-11(17-2)13-6-5-12(16)9-14(13)20-10-15(19)18-7-3-4-8-18/h5-6,9,11,17H,3-4,7-8,10H2,1-2H3. The minimum absolute atomic E-state index is 0.0326. The minimum atomic E-state index is -0.360. The van der Waals surface area contributed by atoms with Crippen molar-refractivity contribution < 1.29 is 13.9 Å². The largest absolute Gasteiger partial charge is 0.483 e. The molecule has 1 aromatic carbocycles. The highest BCUT2D eigenvalue weighted by Gasteiger charge is 2.19. The third-order valence-electron chi connectivity index (χ3n) is 3.69. The molecule has 1 N–H and O–H groups in total. The smallest absolute Gasteiger partial charge is 0.260 e. The zero-order valence-electron chi connectivity index (χ0n) is 12.0. The van der Waals surface area contributed by atoms with Crippen molar-refractivity contribution in [1.82, 2.24) is 10.2 Å². The van der Waals surface area contributed by atoms with Crippen LogP contribution in [0.15, 0.2) is 18.2 Å². The highest BCUT2D eigenvalue weighted by molar-refractivity contribution is 5.78. The Labute approximate surface area is 118 Å². The first kappa shape index (κ1) is 14.8. The first-order valence-corrected chi connectivity index (χ1v) is 6.99. The van der Waals surface area contributed by atoms with Crippen LogP contribution in [-0.4, -0.2) is 37.6 Å². The predicted molar refractivity (Wildman–Crippen MR) is 75.2 cm³/mol. The average Bonchev–Trinajstić information content (AvgIpc) is 2.98. The van der Waals surface area contributed by atoms with E-state index in [2.05, 4.69) is 5.32 Å². The number of nitrogens with zero attached hydrogens (tertiary/aromatic N) is 1. The molecule has 2 rings (SSSR count). The molecule has 1 saturated heterocycles. The number of halogens is 1. The fourth-order valence-corrected chi connectivity index (χ4v) is 2.34. The Bertz CT molecular complexity index is 473. The van der Waals surface area contributed by atoms with Gasteiger partial charge in [-0.2, -0.15) is 0 Å². The molecular formula is C15H21FN2O2. The first-order chi connectivity index (χ1) is 9.61. The lowest BCUT2D eigenvalue weighted by Gasteiger charge is -2.19. The topological polar surface area (TPSA) is 41.6 Å². The number of nitrogens with one attached hydrogen (secondary N) is 1.